The molecule has 0 bridgehead atoms. The first-order chi connectivity index (χ1) is 12.1. The number of carbonyl (C=O) groups is 1. The Bertz CT molecular complexity index is 915. The molecule has 1 amide bonds. The molecule has 0 saturated carbocycles. The van der Waals surface area contributed by atoms with E-state index in [1.165, 1.54) is 30.3 Å². The average Bonchev–Trinajstić information content (AvgIpc) is 2.50. The predicted octanol–water partition coefficient (Wildman–Crippen LogP) is 3.86. The van der Waals surface area contributed by atoms with E-state index in [-0.39, 0.29) is 28.1 Å². The summed E-state index contributed by atoms with van der Waals surface area (Å²) in [5, 5.41) is 2.72. The highest BCUT2D eigenvalue weighted by molar-refractivity contribution is 9.10. The van der Waals surface area contributed by atoms with Crippen LogP contribution in [0.25, 0.3) is 0 Å². The zero-order valence-corrected chi connectivity index (χ0v) is 17.2. The van der Waals surface area contributed by atoms with Crippen molar-refractivity contribution in [2.24, 2.45) is 0 Å². The maximum atomic E-state index is 13.4. The van der Waals surface area contributed by atoms with Gasteiger partial charge in [0.25, 0.3) is 5.91 Å². The molecule has 0 aliphatic carbocycles. The van der Waals surface area contributed by atoms with Gasteiger partial charge in [-0.25, -0.2) is 17.5 Å². The first-order valence-corrected chi connectivity index (χ1v) is 10.3. The summed E-state index contributed by atoms with van der Waals surface area (Å²) in [4.78, 5) is 12.3. The van der Waals surface area contributed by atoms with Crippen LogP contribution in [0.4, 0.5) is 4.39 Å². The summed E-state index contributed by atoms with van der Waals surface area (Å²) in [6.07, 6.45) is 0. The van der Waals surface area contributed by atoms with Crippen LogP contribution in [-0.4, -0.2) is 20.4 Å². The van der Waals surface area contributed by atoms with Crippen molar-refractivity contribution < 1.29 is 17.6 Å². The number of halogens is 3. The predicted molar refractivity (Wildman–Crippen MR) is 102 cm³/mol. The molecular formula is C17H17BrClFN2O3S. The van der Waals surface area contributed by atoms with Gasteiger partial charge in [-0.05, 0) is 55.8 Å². The van der Waals surface area contributed by atoms with Gasteiger partial charge in [-0.3, -0.25) is 4.79 Å². The fourth-order valence-corrected chi connectivity index (χ4v) is 4.21. The number of hydrogen-bond donors (Lipinski definition) is 2. The topological polar surface area (TPSA) is 75.3 Å². The Hall–Kier alpha value is -1.48. The van der Waals surface area contributed by atoms with E-state index in [0.29, 0.717) is 10.0 Å². The van der Waals surface area contributed by atoms with Gasteiger partial charge in [-0.15, -0.1) is 0 Å². The molecule has 0 saturated heterocycles. The molecule has 0 radical (unpaired) electrons. The van der Waals surface area contributed by atoms with Crippen molar-refractivity contribution in [1.82, 2.24) is 10.0 Å². The van der Waals surface area contributed by atoms with Gasteiger partial charge in [0, 0.05) is 17.1 Å². The summed E-state index contributed by atoms with van der Waals surface area (Å²) < 4.78 is 40.9. The third kappa shape index (κ3) is 5.51. The van der Waals surface area contributed by atoms with E-state index in [2.05, 4.69) is 26.0 Å². The van der Waals surface area contributed by atoms with E-state index < -0.39 is 21.7 Å². The Labute approximate surface area is 165 Å². The molecule has 26 heavy (non-hydrogen) atoms. The first kappa shape index (κ1) is 20.8. The largest absolute Gasteiger partial charge is 0.348 e. The lowest BCUT2D eigenvalue weighted by atomic mass is 10.2. The lowest BCUT2D eigenvalue weighted by molar-refractivity contribution is 0.0951. The molecule has 0 aliphatic heterocycles. The van der Waals surface area contributed by atoms with Gasteiger partial charge in [0.1, 0.15) is 5.82 Å². The van der Waals surface area contributed by atoms with Crippen LogP contribution in [0.1, 0.15) is 29.8 Å². The highest BCUT2D eigenvalue weighted by Gasteiger charge is 2.19. The second-order valence-electron chi connectivity index (χ2n) is 5.88. The Balaban J connectivity index is 2.22. The molecule has 0 spiro atoms. The number of hydrogen-bond acceptors (Lipinski definition) is 3. The second-order valence-corrected chi connectivity index (χ2v) is 8.91. The smallest absolute Gasteiger partial charge is 0.253 e. The van der Waals surface area contributed by atoms with Crippen LogP contribution < -0.4 is 10.0 Å². The Kier molecular flexibility index (Phi) is 6.79. The molecule has 9 heteroatoms. The maximum Gasteiger partial charge on any atom is 0.253 e. The van der Waals surface area contributed by atoms with Crippen molar-refractivity contribution in [1.29, 1.82) is 0 Å². The van der Waals surface area contributed by atoms with Gasteiger partial charge < -0.3 is 5.32 Å². The van der Waals surface area contributed by atoms with Crippen molar-refractivity contribution in [3.05, 3.63) is 62.8 Å². The maximum absolute atomic E-state index is 13.4. The molecule has 5 nitrogen and oxygen atoms in total. The molecule has 0 heterocycles. The SMILES string of the molecule is CC(C)NS(=O)(=O)c1ccc(Cl)c(C(=O)NCc2cc(F)cc(Br)c2)c1. The summed E-state index contributed by atoms with van der Waals surface area (Å²) in [5.74, 6) is -0.994. The highest BCUT2D eigenvalue weighted by atomic mass is 79.9. The second kappa shape index (κ2) is 8.47. The number of nitrogens with one attached hydrogen (secondary N) is 2. The molecule has 0 fully saturated rings. The van der Waals surface area contributed by atoms with E-state index >= 15 is 0 Å². The first-order valence-electron chi connectivity index (χ1n) is 7.63. The standard InChI is InChI=1S/C17H17BrClFN2O3S/c1-10(2)22-26(24,25)14-3-4-16(19)15(8-14)17(23)21-9-11-5-12(18)7-13(20)6-11/h3-8,10,22H,9H2,1-2H3,(H,21,23). The van der Waals surface area contributed by atoms with Crippen LogP contribution in [0, 0.1) is 5.82 Å². The van der Waals surface area contributed by atoms with Gasteiger partial charge >= 0.3 is 0 Å². The third-order valence-electron chi connectivity index (χ3n) is 3.26. The highest BCUT2D eigenvalue weighted by Crippen LogP contribution is 2.21. The van der Waals surface area contributed by atoms with Gasteiger partial charge in [-0.1, -0.05) is 27.5 Å². The zero-order chi connectivity index (χ0) is 19.5. The van der Waals surface area contributed by atoms with Gasteiger partial charge in [0.2, 0.25) is 10.0 Å². The number of amides is 1. The lowest BCUT2D eigenvalue weighted by Gasteiger charge is -2.12. The number of carbonyl (C=O) groups excluding carboxylic acids is 1. The van der Waals surface area contributed by atoms with Crippen molar-refractivity contribution in [2.45, 2.75) is 31.3 Å². The summed E-state index contributed by atoms with van der Waals surface area (Å²) in [6, 6.07) is 7.86. The summed E-state index contributed by atoms with van der Waals surface area (Å²) in [6.45, 7) is 3.45. The van der Waals surface area contributed by atoms with Crippen LogP contribution in [0.5, 0.6) is 0 Å². The Morgan fingerprint density at radius 3 is 2.54 bits per heavy atom. The van der Waals surface area contributed by atoms with Crippen LogP contribution in [0.2, 0.25) is 5.02 Å². The fraction of sp³-hybridized carbons (Fsp3) is 0.235. The van der Waals surface area contributed by atoms with Crippen LogP contribution in [0.3, 0.4) is 0 Å². The van der Waals surface area contributed by atoms with Crippen LogP contribution in [0.15, 0.2) is 45.8 Å². The quantitative estimate of drug-likeness (QED) is 0.683. The van der Waals surface area contributed by atoms with E-state index in [4.69, 9.17) is 11.6 Å². The van der Waals surface area contributed by atoms with Crippen molar-refractivity contribution in [3.63, 3.8) is 0 Å². The molecule has 2 rings (SSSR count). The molecule has 0 aromatic heterocycles. The van der Waals surface area contributed by atoms with Crippen molar-refractivity contribution in [3.8, 4) is 0 Å². The minimum atomic E-state index is -3.76. The van der Waals surface area contributed by atoms with E-state index in [0.717, 1.165) is 0 Å². The molecule has 140 valence electrons. The summed E-state index contributed by atoms with van der Waals surface area (Å²) >= 11 is 9.22. The van der Waals surface area contributed by atoms with Crippen molar-refractivity contribution in [2.75, 3.05) is 0 Å². The zero-order valence-electron chi connectivity index (χ0n) is 14.0. The number of benzene rings is 2. The Morgan fingerprint density at radius 1 is 1.23 bits per heavy atom. The summed E-state index contributed by atoms with van der Waals surface area (Å²) in [5.41, 5.74) is 0.570. The van der Waals surface area contributed by atoms with E-state index in [9.17, 15) is 17.6 Å². The Morgan fingerprint density at radius 2 is 1.92 bits per heavy atom. The molecule has 2 aromatic carbocycles. The average molecular weight is 464 g/mol. The van der Waals surface area contributed by atoms with E-state index in [1.807, 2.05) is 0 Å². The molecule has 2 aromatic rings. The normalized spacial score (nSPS) is 11.6. The molecule has 2 N–H and O–H groups in total. The molecular weight excluding hydrogens is 447 g/mol. The monoisotopic (exact) mass is 462 g/mol. The van der Waals surface area contributed by atoms with Gasteiger partial charge in [0.15, 0.2) is 0 Å². The molecule has 0 atom stereocenters. The van der Waals surface area contributed by atoms with E-state index in [1.54, 1.807) is 19.9 Å². The lowest BCUT2D eigenvalue weighted by Crippen LogP contribution is -2.30. The van der Waals surface area contributed by atoms with Crippen LogP contribution in [-0.2, 0) is 16.6 Å². The number of rotatable bonds is 6. The minimum absolute atomic E-state index is 0.0220. The van der Waals surface area contributed by atoms with Gasteiger partial charge in [0.05, 0.1) is 15.5 Å². The van der Waals surface area contributed by atoms with Gasteiger partial charge in [-0.2, -0.15) is 0 Å². The third-order valence-corrected chi connectivity index (χ3v) is 5.70. The molecule has 0 aliphatic rings. The fourth-order valence-electron chi connectivity index (χ4n) is 2.21. The van der Waals surface area contributed by atoms with Crippen molar-refractivity contribution >= 4 is 43.5 Å². The minimum Gasteiger partial charge on any atom is -0.348 e. The number of sulfonamides is 1. The molecule has 0 unspecified atom stereocenters. The van der Waals surface area contributed by atoms with Crippen LogP contribution >= 0.6 is 27.5 Å². The summed E-state index contributed by atoms with van der Waals surface area (Å²) in [7, 11) is -3.76.